The Morgan fingerprint density at radius 3 is 2.72 bits per heavy atom. The Morgan fingerprint density at radius 2 is 2.00 bits per heavy atom. The topological polar surface area (TPSA) is 26.7 Å². The fraction of sp³-hybridized carbons (Fsp3) is 1.00. The summed E-state index contributed by atoms with van der Waals surface area (Å²) in [5.74, 6) is 0.815. The number of nitrogens with zero attached hydrogens (tertiary/aromatic N) is 2. The van der Waals surface area contributed by atoms with Crippen molar-refractivity contribution < 1.29 is 5.11 Å². The van der Waals surface area contributed by atoms with Crippen molar-refractivity contribution in [2.45, 2.75) is 57.6 Å². The van der Waals surface area contributed by atoms with Crippen molar-refractivity contribution in [3.8, 4) is 0 Å². The molecule has 0 radical (unpaired) electrons. The average molecular weight is 254 g/mol. The largest absolute Gasteiger partial charge is 0.391 e. The molecule has 1 aliphatic heterocycles. The Labute approximate surface area is 112 Å². The van der Waals surface area contributed by atoms with Gasteiger partial charge in [-0.1, -0.05) is 19.8 Å². The Balaban J connectivity index is 1.77. The molecular formula is C15H30N2O. The standard InChI is InChI=1S/C15H30N2O/c1-3-9-16(2)11-13-8-10-17(12-13)14-6-4-5-7-15(14)18/h13-15,18H,3-12H2,1-2H3. The van der Waals surface area contributed by atoms with Gasteiger partial charge < -0.3 is 10.0 Å². The van der Waals surface area contributed by atoms with Gasteiger partial charge in [0.05, 0.1) is 6.10 Å². The van der Waals surface area contributed by atoms with Crippen molar-refractivity contribution in [1.29, 1.82) is 0 Å². The molecule has 106 valence electrons. The molecule has 0 aromatic heterocycles. The van der Waals surface area contributed by atoms with Crippen LogP contribution in [0.5, 0.6) is 0 Å². The van der Waals surface area contributed by atoms with Gasteiger partial charge in [0.1, 0.15) is 0 Å². The molecule has 3 unspecified atom stereocenters. The van der Waals surface area contributed by atoms with E-state index in [4.69, 9.17) is 0 Å². The highest BCUT2D eigenvalue weighted by Crippen LogP contribution is 2.28. The molecule has 3 atom stereocenters. The van der Waals surface area contributed by atoms with Crippen LogP contribution in [0, 0.1) is 5.92 Å². The lowest BCUT2D eigenvalue weighted by molar-refractivity contribution is 0.0288. The van der Waals surface area contributed by atoms with Gasteiger partial charge in [-0.15, -0.1) is 0 Å². The van der Waals surface area contributed by atoms with E-state index in [1.54, 1.807) is 0 Å². The maximum atomic E-state index is 10.1. The molecule has 1 aliphatic carbocycles. The summed E-state index contributed by atoms with van der Waals surface area (Å²) in [7, 11) is 2.24. The summed E-state index contributed by atoms with van der Waals surface area (Å²) in [6.07, 6.45) is 7.24. The van der Waals surface area contributed by atoms with Gasteiger partial charge in [-0.3, -0.25) is 4.90 Å². The number of likely N-dealkylation sites (tertiary alicyclic amines) is 1. The Morgan fingerprint density at radius 1 is 1.22 bits per heavy atom. The monoisotopic (exact) mass is 254 g/mol. The molecule has 2 rings (SSSR count). The van der Waals surface area contributed by atoms with E-state index in [0.717, 1.165) is 12.3 Å². The fourth-order valence-electron chi connectivity index (χ4n) is 3.74. The maximum Gasteiger partial charge on any atom is 0.0695 e. The smallest absolute Gasteiger partial charge is 0.0695 e. The first-order valence-corrected chi connectivity index (χ1v) is 7.81. The number of aliphatic hydroxyl groups is 1. The van der Waals surface area contributed by atoms with Crippen LogP contribution in [0.1, 0.15) is 45.4 Å². The second-order valence-electron chi connectivity index (χ2n) is 6.33. The number of rotatable bonds is 5. The summed E-state index contributed by atoms with van der Waals surface area (Å²) in [6.45, 7) is 7.09. The van der Waals surface area contributed by atoms with E-state index in [2.05, 4.69) is 23.8 Å². The lowest BCUT2D eigenvalue weighted by atomic mass is 9.91. The molecule has 2 fully saturated rings. The normalized spacial score (nSPS) is 34.3. The van der Waals surface area contributed by atoms with Crippen LogP contribution in [-0.2, 0) is 0 Å². The predicted molar refractivity (Wildman–Crippen MR) is 75.7 cm³/mol. The summed E-state index contributed by atoms with van der Waals surface area (Å²) < 4.78 is 0. The zero-order chi connectivity index (χ0) is 13.0. The number of hydrogen-bond acceptors (Lipinski definition) is 3. The van der Waals surface area contributed by atoms with Crippen molar-refractivity contribution >= 4 is 0 Å². The number of hydrogen-bond donors (Lipinski definition) is 1. The van der Waals surface area contributed by atoms with Crippen LogP contribution in [0.25, 0.3) is 0 Å². The van der Waals surface area contributed by atoms with Gasteiger partial charge >= 0.3 is 0 Å². The van der Waals surface area contributed by atoms with E-state index >= 15 is 0 Å². The summed E-state index contributed by atoms with van der Waals surface area (Å²) in [5, 5.41) is 10.1. The van der Waals surface area contributed by atoms with Crippen molar-refractivity contribution in [2.75, 3.05) is 33.2 Å². The summed E-state index contributed by atoms with van der Waals surface area (Å²) in [6, 6.07) is 0.459. The van der Waals surface area contributed by atoms with Crippen molar-refractivity contribution in [1.82, 2.24) is 9.80 Å². The van der Waals surface area contributed by atoms with Crippen LogP contribution in [0.3, 0.4) is 0 Å². The van der Waals surface area contributed by atoms with Crippen LogP contribution < -0.4 is 0 Å². The minimum Gasteiger partial charge on any atom is -0.391 e. The van der Waals surface area contributed by atoms with Crippen LogP contribution in [0.2, 0.25) is 0 Å². The van der Waals surface area contributed by atoms with Gasteiger partial charge in [0.25, 0.3) is 0 Å². The first-order valence-electron chi connectivity index (χ1n) is 7.81. The SMILES string of the molecule is CCCN(C)CC1CCN(C2CCCCC2O)C1. The van der Waals surface area contributed by atoms with Crippen molar-refractivity contribution in [3.05, 3.63) is 0 Å². The Kier molecular flexibility index (Phi) is 5.46. The molecule has 3 heteroatoms. The van der Waals surface area contributed by atoms with Gasteiger partial charge in [-0.05, 0) is 51.7 Å². The number of aliphatic hydroxyl groups excluding tert-OH is 1. The minimum absolute atomic E-state index is 0.0640. The van der Waals surface area contributed by atoms with Gasteiger partial charge in [0, 0.05) is 19.1 Å². The molecule has 3 nitrogen and oxygen atoms in total. The van der Waals surface area contributed by atoms with Gasteiger partial charge in [-0.2, -0.15) is 0 Å². The fourth-order valence-corrected chi connectivity index (χ4v) is 3.74. The molecule has 1 saturated heterocycles. The molecule has 1 N–H and O–H groups in total. The molecular weight excluding hydrogens is 224 g/mol. The second kappa shape index (κ2) is 6.88. The zero-order valence-electron chi connectivity index (χ0n) is 12.1. The van der Waals surface area contributed by atoms with E-state index in [1.807, 2.05) is 0 Å². The summed E-state index contributed by atoms with van der Waals surface area (Å²) >= 11 is 0. The van der Waals surface area contributed by atoms with E-state index in [1.165, 1.54) is 58.3 Å². The third-order valence-corrected chi connectivity index (χ3v) is 4.66. The molecule has 1 heterocycles. The van der Waals surface area contributed by atoms with Crippen LogP contribution >= 0.6 is 0 Å². The lowest BCUT2D eigenvalue weighted by Gasteiger charge is -2.35. The highest BCUT2D eigenvalue weighted by molar-refractivity contribution is 4.88. The summed E-state index contributed by atoms with van der Waals surface area (Å²) in [5.41, 5.74) is 0. The van der Waals surface area contributed by atoms with Gasteiger partial charge in [-0.25, -0.2) is 0 Å². The van der Waals surface area contributed by atoms with E-state index in [9.17, 15) is 5.11 Å². The van der Waals surface area contributed by atoms with Crippen molar-refractivity contribution in [3.63, 3.8) is 0 Å². The lowest BCUT2D eigenvalue weighted by Crippen LogP contribution is -2.44. The summed E-state index contributed by atoms with van der Waals surface area (Å²) in [4.78, 5) is 5.03. The predicted octanol–water partition coefficient (Wildman–Crippen LogP) is 1.95. The maximum absolute atomic E-state index is 10.1. The minimum atomic E-state index is -0.0640. The molecule has 0 spiro atoms. The molecule has 1 saturated carbocycles. The molecule has 2 aliphatic rings. The van der Waals surface area contributed by atoms with Crippen LogP contribution in [0.15, 0.2) is 0 Å². The molecule has 0 aromatic rings. The quantitative estimate of drug-likeness (QED) is 0.812. The zero-order valence-corrected chi connectivity index (χ0v) is 12.1. The average Bonchev–Trinajstić information content (AvgIpc) is 2.78. The van der Waals surface area contributed by atoms with Gasteiger partial charge in [0.2, 0.25) is 0 Å². The Bertz CT molecular complexity index is 247. The van der Waals surface area contributed by atoms with E-state index in [0.29, 0.717) is 6.04 Å². The van der Waals surface area contributed by atoms with Crippen LogP contribution in [0.4, 0.5) is 0 Å². The Hall–Kier alpha value is -0.120. The van der Waals surface area contributed by atoms with Gasteiger partial charge in [0.15, 0.2) is 0 Å². The van der Waals surface area contributed by atoms with E-state index in [-0.39, 0.29) is 6.10 Å². The first kappa shape index (κ1) is 14.3. The highest BCUT2D eigenvalue weighted by Gasteiger charge is 2.33. The van der Waals surface area contributed by atoms with Crippen LogP contribution in [-0.4, -0.2) is 60.3 Å². The third-order valence-electron chi connectivity index (χ3n) is 4.66. The first-order chi connectivity index (χ1) is 8.70. The molecule has 0 amide bonds. The molecule has 0 bridgehead atoms. The third kappa shape index (κ3) is 3.69. The molecule has 18 heavy (non-hydrogen) atoms. The highest BCUT2D eigenvalue weighted by atomic mass is 16.3. The molecule has 0 aromatic carbocycles. The van der Waals surface area contributed by atoms with E-state index < -0.39 is 0 Å². The second-order valence-corrected chi connectivity index (χ2v) is 6.33. The van der Waals surface area contributed by atoms with Crippen molar-refractivity contribution in [2.24, 2.45) is 5.92 Å².